The summed E-state index contributed by atoms with van der Waals surface area (Å²) < 4.78 is 1.95. The molecule has 2 heterocycles. The van der Waals surface area contributed by atoms with Gasteiger partial charge in [-0.1, -0.05) is 35.9 Å². The van der Waals surface area contributed by atoms with Crippen molar-refractivity contribution in [1.29, 1.82) is 0 Å². The third kappa shape index (κ3) is 4.83. The van der Waals surface area contributed by atoms with E-state index in [0.717, 1.165) is 28.2 Å². The Morgan fingerprint density at radius 1 is 0.882 bits per heavy atom. The van der Waals surface area contributed by atoms with Crippen LogP contribution in [0.3, 0.4) is 0 Å². The number of imidazole rings is 1. The number of hydrogen-bond acceptors (Lipinski definition) is 5. The van der Waals surface area contributed by atoms with Gasteiger partial charge in [0, 0.05) is 46.8 Å². The standard InChI is InChI=1S/C27H22N6O/c1-19-5-7-21(8-6-19)26(34)30-22-3-2-4-23(17-22)31-27-29-14-13-25(32-27)20-9-11-24(12-10-20)33-16-15-28-18-33/h2-18H,1H3,(H,30,34)(H,29,31,32). The van der Waals surface area contributed by atoms with E-state index in [1.54, 1.807) is 18.7 Å². The first-order valence-electron chi connectivity index (χ1n) is 10.8. The van der Waals surface area contributed by atoms with Gasteiger partial charge in [0.25, 0.3) is 5.91 Å². The van der Waals surface area contributed by atoms with Gasteiger partial charge in [0.05, 0.1) is 12.0 Å². The molecule has 7 nitrogen and oxygen atoms in total. The van der Waals surface area contributed by atoms with Crippen molar-refractivity contribution in [2.45, 2.75) is 6.92 Å². The molecule has 0 atom stereocenters. The van der Waals surface area contributed by atoms with Crippen molar-refractivity contribution in [3.05, 3.63) is 115 Å². The summed E-state index contributed by atoms with van der Waals surface area (Å²) in [4.78, 5) is 25.6. The lowest BCUT2D eigenvalue weighted by Crippen LogP contribution is -2.11. The van der Waals surface area contributed by atoms with Crippen LogP contribution in [-0.2, 0) is 0 Å². The molecule has 3 aromatic carbocycles. The summed E-state index contributed by atoms with van der Waals surface area (Å²) in [6.07, 6.45) is 7.13. The minimum Gasteiger partial charge on any atom is -0.324 e. The van der Waals surface area contributed by atoms with E-state index in [1.807, 2.05) is 96.6 Å². The second kappa shape index (κ2) is 9.38. The maximum atomic E-state index is 12.5. The summed E-state index contributed by atoms with van der Waals surface area (Å²) >= 11 is 0. The Balaban J connectivity index is 1.30. The maximum Gasteiger partial charge on any atom is 0.255 e. The Bertz CT molecular complexity index is 1410. The van der Waals surface area contributed by atoms with Crippen molar-refractivity contribution in [2.24, 2.45) is 0 Å². The molecule has 0 saturated heterocycles. The lowest BCUT2D eigenvalue weighted by atomic mass is 10.1. The number of rotatable bonds is 6. The van der Waals surface area contributed by atoms with Crippen LogP contribution >= 0.6 is 0 Å². The van der Waals surface area contributed by atoms with Gasteiger partial charge in [-0.15, -0.1) is 0 Å². The van der Waals surface area contributed by atoms with Gasteiger partial charge in [-0.2, -0.15) is 0 Å². The number of nitrogens with one attached hydrogen (secondary N) is 2. The molecule has 5 rings (SSSR count). The zero-order valence-corrected chi connectivity index (χ0v) is 18.5. The smallest absolute Gasteiger partial charge is 0.255 e. The van der Waals surface area contributed by atoms with Gasteiger partial charge in [-0.3, -0.25) is 4.79 Å². The topological polar surface area (TPSA) is 84.7 Å². The number of anilines is 3. The van der Waals surface area contributed by atoms with Crippen LogP contribution in [0.15, 0.2) is 104 Å². The van der Waals surface area contributed by atoms with Gasteiger partial charge in [-0.05, 0) is 55.5 Å². The molecular formula is C27H22N6O. The fourth-order valence-electron chi connectivity index (χ4n) is 3.51. The van der Waals surface area contributed by atoms with Crippen LogP contribution in [0.25, 0.3) is 16.9 Å². The van der Waals surface area contributed by atoms with Crippen LogP contribution in [0.4, 0.5) is 17.3 Å². The van der Waals surface area contributed by atoms with Gasteiger partial charge in [0.15, 0.2) is 0 Å². The quantitative estimate of drug-likeness (QED) is 0.353. The minimum absolute atomic E-state index is 0.158. The lowest BCUT2D eigenvalue weighted by molar-refractivity contribution is 0.102. The van der Waals surface area contributed by atoms with E-state index in [4.69, 9.17) is 0 Å². The Kier molecular flexibility index (Phi) is 5.82. The highest BCUT2D eigenvalue weighted by atomic mass is 16.1. The summed E-state index contributed by atoms with van der Waals surface area (Å²) in [5.41, 5.74) is 5.99. The highest BCUT2D eigenvalue weighted by molar-refractivity contribution is 6.04. The highest BCUT2D eigenvalue weighted by Gasteiger charge is 2.08. The molecule has 0 bridgehead atoms. The number of aryl methyl sites for hydroxylation is 1. The molecule has 0 saturated carbocycles. The van der Waals surface area contributed by atoms with Crippen molar-refractivity contribution in [3.8, 4) is 16.9 Å². The van der Waals surface area contributed by atoms with E-state index >= 15 is 0 Å². The summed E-state index contributed by atoms with van der Waals surface area (Å²) in [6, 6.07) is 24.9. The number of nitrogens with zero attached hydrogens (tertiary/aromatic N) is 4. The molecule has 0 aliphatic carbocycles. The number of hydrogen-bond donors (Lipinski definition) is 2. The number of aromatic nitrogens is 4. The molecule has 34 heavy (non-hydrogen) atoms. The predicted octanol–water partition coefficient (Wildman–Crippen LogP) is 5.63. The molecular weight excluding hydrogens is 424 g/mol. The normalized spacial score (nSPS) is 10.6. The van der Waals surface area contributed by atoms with Crippen molar-refractivity contribution in [3.63, 3.8) is 0 Å². The van der Waals surface area contributed by atoms with E-state index in [0.29, 0.717) is 17.2 Å². The average molecular weight is 447 g/mol. The molecule has 0 unspecified atom stereocenters. The van der Waals surface area contributed by atoms with E-state index in [2.05, 4.69) is 25.6 Å². The number of carbonyl (C=O) groups is 1. The van der Waals surface area contributed by atoms with Crippen molar-refractivity contribution >= 4 is 23.2 Å². The van der Waals surface area contributed by atoms with E-state index in [9.17, 15) is 4.79 Å². The largest absolute Gasteiger partial charge is 0.324 e. The SMILES string of the molecule is Cc1ccc(C(=O)Nc2cccc(Nc3nccc(-c4ccc(-n5ccnc5)cc4)n3)c2)cc1. The molecule has 2 aromatic heterocycles. The van der Waals surface area contributed by atoms with Crippen molar-refractivity contribution < 1.29 is 4.79 Å². The van der Waals surface area contributed by atoms with Crippen molar-refractivity contribution in [1.82, 2.24) is 19.5 Å². The van der Waals surface area contributed by atoms with Crippen LogP contribution in [-0.4, -0.2) is 25.4 Å². The van der Waals surface area contributed by atoms with Crippen LogP contribution < -0.4 is 10.6 Å². The summed E-state index contributed by atoms with van der Waals surface area (Å²) in [7, 11) is 0. The van der Waals surface area contributed by atoms with Crippen LogP contribution in [0.5, 0.6) is 0 Å². The summed E-state index contributed by atoms with van der Waals surface area (Å²) in [5, 5.41) is 6.15. The molecule has 5 aromatic rings. The molecule has 0 spiro atoms. The Morgan fingerprint density at radius 3 is 2.44 bits per heavy atom. The Hall–Kier alpha value is -4.78. The van der Waals surface area contributed by atoms with Crippen LogP contribution in [0, 0.1) is 6.92 Å². The summed E-state index contributed by atoms with van der Waals surface area (Å²) in [6.45, 7) is 1.99. The fourth-order valence-corrected chi connectivity index (χ4v) is 3.51. The summed E-state index contributed by atoms with van der Waals surface area (Å²) in [5.74, 6) is 0.313. The Labute approximate surface area is 197 Å². The van der Waals surface area contributed by atoms with E-state index in [1.165, 1.54) is 0 Å². The molecule has 0 aliphatic heterocycles. The Morgan fingerprint density at radius 2 is 1.68 bits per heavy atom. The first kappa shape index (κ1) is 21.1. The number of carbonyl (C=O) groups excluding carboxylic acids is 1. The maximum absolute atomic E-state index is 12.5. The fraction of sp³-hybridized carbons (Fsp3) is 0.0370. The molecule has 7 heteroatoms. The molecule has 0 aliphatic rings. The number of benzene rings is 3. The van der Waals surface area contributed by atoms with Gasteiger partial charge in [0.2, 0.25) is 5.95 Å². The van der Waals surface area contributed by atoms with Gasteiger partial charge < -0.3 is 15.2 Å². The van der Waals surface area contributed by atoms with E-state index in [-0.39, 0.29) is 5.91 Å². The van der Waals surface area contributed by atoms with Gasteiger partial charge in [-0.25, -0.2) is 15.0 Å². The number of amides is 1. The molecule has 1 amide bonds. The second-order valence-corrected chi connectivity index (χ2v) is 7.81. The molecule has 166 valence electrons. The predicted molar refractivity (Wildman–Crippen MR) is 133 cm³/mol. The van der Waals surface area contributed by atoms with Crippen LogP contribution in [0.1, 0.15) is 15.9 Å². The van der Waals surface area contributed by atoms with Crippen LogP contribution in [0.2, 0.25) is 0 Å². The second-order valence-electron chi connectivity index (χ2n) is 7.81. The minimum atomic E-state index is -0.158. The zero-order chi connectivity index (χ0) is 23.3. The van der Waals surface area contributed by atoms with Gasteiger partial charge >= 0.3 is 0 Å². The van der Waals surface area contributed by atoms with Gasteiger partial charge in [0.1, 0.15) is 0 Å². The first-order valence-corrected chi connectivity index (χ1v) is 10.8. The highest BCUT2D eigenvalue weighted by Crippen LogP contribution is 2.23. The molecule has 0 fully saturated rings. The van der Waals surface area contributed by atoms with E-state index < -0.39 is 0 Å². The third-order valence-corrected chi connectivity index (χ3v) is 5.31. The third-order valence-electron chi connectivity index (χ3n) is 5.31. The molecule has 2 N–H and O–H groups in total. The average Bonchev–Trinajstić information content (AvgIpc) is 3.40. The lowest BCUT2D eigenvalue weighted by Gasteiger charge is -2.10. The zero-order valence-electron chi connectivity index (χ0n) is 18.5. The molecule has 0 radical (unpaired) electrons. The monoisotopic (exact) mass is 446 g/mol. The first-order chi connectivity index (χ1) is 16.6. The van der Waals surface area contributed by atoms with Crippen molar-refractivity contribution in [2.75, 3.05) is 10.6 Å².